The molecule has 7 heteroatoms. The van der Waals surface area contributed by atoms with E-state index in [9.17, 15) is 0 Å². The molecule has 0 saturated carbocycles. The van der Waals surface area contributed by atoms with Crippen LogP contribution in [-0.2, 0) is 0 Å². The lowest BCUT2D eigenvalue weighted by molar-refractivity contribution is 0.219. The van der Waals surface area contributed by atoms with E-state index < -0.39 is 0 Å². The SMILES string of the molecule is CCC(C)CSc1nc(NN)nc(OC(C)C)n1. The Balaban J connectivity index is 2.76. The second kappa shape index (κ2) is 7.38. The van der Waals surface area contributed by atoms with Crippen LogP contribution in [0.2, 0.25) is 0 Å². The molecule has 1 aromatic rings. The number of thioether (sulfide) groups is 1. The van der Waals surface area contributed by atoms with E-state index in [0.717, 1.165) is 12.2 Å². The van der Waals surface area contributed by atoms with E-state index in [2.05, 4.69) is 34.2 Å². The number of hydrogen-bond donors (Lipinski definition) is 2. The van der Waals surface area contributed by atoms with Gasteiger partial charge in [0.25, 0.3) is 0 Å². The predicted octanol–water partition coefficient (Wildman–Crippen LogP) is 2.08. The summed E-state index contributed by atoms with van der Waals surface area (Å²) < 4.78 is 5.46. The van der Waals surface area contributed by atoms with Gasteiger partial charge in [-0.15, -0.1) is 0 Å². The van der Waals surface area contributed by atoms with Crippen molar-refractivity contribution < 1.29 is 4.74 Å². The van der Waals surface area contributed by atoms with Crippen molar-refractivity contribution in [3.63, 3.8) is 0 Å². The molecule has 0 bridgehead atoms. The first-order valence-electron chi connectivity index (χ1n) is 6.07. The van der Waals surface area contributed by atoms with E-state index in [1.165, 1.54) is 0 Å². The lowest BCUT2D eigenvalue weighted by Gasteiger charge is -2.11. The molecule has 102 valence electrons. The molecule has 0 aliphatic carbocycles. The molecule has 3 N–H and O–H groups in total. The largest absolute Gasteiger partial charge is 0.461 e. The van der Waals surface area contributed by atoms with Crippen LogP contribution in [0.4, 0.5) is 5.95 Å². The molecular weight excluding hydrogens is 250 g/mol. The first kappa shape index (κ1) is 15.0. The molecule has 0 fully saturated rings. The average Bonchev–Trinajstić information content (AvgIpc) is 2.34. The molecule has 0 amide bonds. The summed E-state index contributed by atoms with van der Waals surface area (Å²) in [5.74, 6) is 7.24. The van der Waals surface area contributed by atoms with Crippen LogP contribution < -0.4 is 16.0 Å². The highest BCUT2D eigenvalue weighted by atomic mass is 32.2. The topological polar surface area (TPSA) is 86.0 Å². The molecule has 1 heterocycles. The Labute approximate surface area is 112 Å². The Hall–Kier alpha value is -1.08. The van der Waals surface area contributed by atoms with E-state index >= 15 is 0 Å². The molecule has 0 aliphatic rings. The molecule has 0 saturated heterocycles. The van der Waals surface area contributed by atoms with E-state index in [4.69, 9.17) is 10.6 Å². The molecule has 1 unspecified atom stereocenters. The van der Waals surface area contributed by atoms with Crippen LogP contribution in [-0.4, -0.2) is 26.8 Å². The number of rotatable bonds is 7. The van der Waals surface area contributed by atoms with E-state index in [1.807, 2.05) is 13.8 Å². The minimum Gasteiger partial charge on any atom is -0.461 e. The summed E-state index contributed by atoms with van der Waals surface area (Å²) in [5.41, 5.74) is 2.43. The average molecular weight is 271 g/mol. The van der Waals surface area contributed by atoms with Crippen molar-refractivity contribution in [2.24, 2.45) is 11.8 Å². The zero-order valence-electron chi connectivity index (χ0n) is 11.3. The molecule has 6 nitrogen and oxygen atoms in total. The van der Waals surface area contributed by atoms with Gasteiger partial charge in [0.15, 0.2) is 5.16 Å². The Morgan fingerprint density at radius 2 is 2.00 bits per heavy atom. The van der Waals surface area contributed by atoms with Crippen LogP contribution in [0.5, 0.6) is 6.01 Å². The summed E-state index contributed by atoms with van der Waals surface area (Å²) in [6.07, 6.45) is 1.15. The summed E-state index contributed by atoms with van der Waals surface area (Å²) in [6, 6.07) is 0.305. The number of hydrogen-bond acceptors (Lipinski definition) is 7. The minimum atomic E-state index is 0.0189. The number of nitrogens with two attached hydrogens (primary N) is 1. The molecule has 18 heavy (non-hydrogen) atoms. The van der Waals surface area contributed by atoms with Gasteiger partial charge >= 0.3 is 6.01 Å². The number of nitrogen functional groups attached to an aromatic ring is 1. The maximum Gasteiger partial charge on any atom is 0.322 e. The molecule has 1 rings (SSSR count). The van der Waals surface area contributed by atoms with Gasteiger partial charge in [-0.25, -0.2) is 5.84 Å². The summed E-state index contributed by atoms with van der Waals surface area (Å²) in [6.45, 7) is 8.21. The third-order valence-electron chi connectivity index (χ3n) is 2.26. The molecule has 0 aliphatic heterocycles. The molecule has 1 aromatic heterocycles. The first-order chi connectivity index (χ1) is 8.55. The zero-order valence-corrected chi connectivity index (χ0v) is 12.1. The highest BCUT2D eigenvalue weighted by Gasteiger charge is 2.10. The molecule has 0 spiro atoms. The monoisotopic (exact) mass is 271 g/mol. The van der Waals surface area contributed by atoms with Crippen molar-refractivity contribution in [1.82, 2.24) is 15.0 Å². The predicted molar refractivity (Wildman–Crippen MR) is 73.6 cm³/mol. The van der Waals surface area contributed by atoms with Crippen LogP contribution in [0.25, 0.3) is 0 Å². The Morgan fingerprint density at radius 1 is 1.28 bits per heavy atom. The van der Waals surface area contributed by atoms with Gasteiger partial charge in [0, 0.05) is 5.75 Å². The highest BCUT2D eigenvalue weighted by molar-refractivity contribution is 7.99. The number of ether oxygens (including phenoxy) is 1. The summed E-state index contributed by atoms with van der Waals surface area (Å²) in [5, 5.41) is 0.633. The molecule has 1 atom stereocenters. The number of aromatic nitrogens is 3. The lowest BCUT2D eigenvalue weighted by atomic mass is 10.2. The smallest absolute Gasteiger partial charge is 0.322 e. The van der Waals surface area contributed by atoms with Crippen molar-refractivity contribution in [1.29, 1.82) is 0 Å². The third kappa shape index (κ3) is 5.05. The summed E-state index contributed by atoms with van der Waals surface area (Å²) in [7, 11) is 0. The van der Waals surface area contributed by atoms with Gasteiger partial charge in [0.05, 0.1) is 6.10 Å². The fraction of sp³-hybridized carbons (Fsp3) is 0.727. The Kier molecular flexibility index (Phi) is 6.14. The van der Waals surface area contributed by atoms with Crippen molar-refractivity contribution in [3.8, 4) is 6.01 Å². The molecule has 0 radical (unpaired) electrons. The maximum atomic E-state index is 5.46. The van der Waals surface area contributed by atoms with Crippen molar-refractivity contribution in [2.75, 3.05) is 11.2 Å². The normalized spacial score (nSPS) is 12.6. The summed E-state index contributed by atoms with van der Waals surface area (Å²) >= 11 is 1.59. The molecule has 0 aromatic carbocycles. The zero-order chi connectivity index (χ0) is 13.5. The molecular formula is C11H21N5OS. The van der Waals surface area contributed by atoms with Crippen LogP contribution in [0.3, 0.4) is 0 Å². The first-order valence-corrected chi connectivity index (χ1v) is 7.05. The Morgan fingerprint density at radius 3 is 2.56 bits per heavy atom. The number of hydrazine groups is 1. The fourth-order valence-corrected chi connectivity index (χ4v) is 2.03. The second-order valence-corrected chi connectivity index (χ2v) is 5.35. The van der Waals surface area contributed by atoms with E-state index in [0.29, 0.717) is 23.0 Å². The van der Waals surface area contributed by atoms with Crippen molar-refractivity contribution in [2.45, 2.75) is 45.4 Å². The highest BCUT2D eigenvalue weighted by Crippen LogP contribution is 2.21. The summed E-state index contributed by atoms with van der Waals surface area (Å²) in [4.78, 5) is 12.5. The van der Waals surface area contributed by atoms with Gasteiger partial charge in [0.1, 0.15) is 0 Å². The van der Waals surface area contributed by atoms with Gasteiger partial charge in [-0.3, -0.25) is 5.43 Å². The van der Waals surface area contributed by atoms with Crippen LogP contribution in [0.1, 0.15) is 34.1 Å². The number of anilines is 1. The van der Waals surface area contributed by atoms with E-state index in [1.54, 1.807) is 11.8 Å². The van der Waals surface area contributed by atoms with Gasteiger partial charge in [-0.05, 0) is 19.8 Å². The number of nitrogens with one attached hydrogen (secondary N) is 1. The van der Waals surface area contributed by atoms with Gasteiger partial charge < -0.3 is 4.74 Å². The maximum absolute atomic E-state index is 5.46. The second-order valence-electron chi connectivity index (χ2n) is 4.36. The van der Waals surface area contributed by atoms with Gasteiger partial charge in [-0.2, -0.15) is 15.0 Å². The van der Waals surface area contributed by atoms with Gasteiger partial charge in [0.2, 0.25) is 5.95 Å². The minimum absolute atomic E-state index is 0.0189. The van der Waals surface area contributed by atoms with Crippen LogP contribution in [0, 0.1) is 5.92 Å². The van der Waals surface area contributed by atoms with Crippen LogP contribution in [0.15, 0.2) is 5.16 Å². The standard InChI is InChI=1S/C11H21N5OS/c1-5-8(4)6-18-11-14-9(16-12)13-10(15-11)17-7(2)3/h7-8H,5-6,12H2,1-4H3,(H,13,14,15,16). The third-order valence-corrected chi connectivity index (χ3v) is 3.43. The van der Waals surface area contributed by atoms with Crippen molar-refractivity contribution >= 4 is 17.7 Å². The van der Waals surface area contributed by atoms with Crippen molar-refractivity contribution in [3.05, 3.63) is 0 Å². The lowest BCUT2D eigenvalue weighted by Crippen LogP contribution is -2.15. The van der Waals surface area contributed by atoms with Gasteiger partial charge in [-0.1, -0.05) is 32.0 Å². The van der Waals surface area contributed by atoms with E-state index in [-0.39, 0.29) is 6.10 Å². The quantitative estimate of drug-likeness (QED) is 0.446. The van der Waals surface area contributed by atoms with Crippen LogP contribution >= 0.6 is 11.8 Å². The Bertz CT molecular complexity index is 374. The fourth-order valence-electron chi connectivity index (χ4n) is 1.07. The number of nitrogens with zero attached hydrogens (tertiary/aromatic N) is 3.